The molecule has 0 saturated carbocycles. The fourth-order valence-corrected chi connectivity index (χ4v) is 2.21. The van der Waals surface area contributed by atoms with Gasteiger partial charge in [0.05, 0.1) is 10.6 Å². The zero-order chi connectivity index (χ0) is 9.26. The van der Waals surface area contributed by atoms with Crippen LogP contribution in [0.25, 0.3) is 10.1 Å². The Labute approximate surface area is 80.1 Å². The van der Waals surface area contributed by atoms with Crippen molar-refractivity contribution in [3.05, 3.63) is 35.2 Å². The van der Waals surface area contributed by atoms with Crippen molar-refractivity contribution in [2.45, 2.75) is 6.92 Å². The molecule has 0 saturated heterocycles. The van der Waals surface area contributed by atoms with E-state index in [1.54, 1.807) is 18.3 Å². The Bertz CT molecular complexity index is 426. The van der Waals surface area contributed by atoms with E-state index in [0.717, 1.165) is 4.88 Å². The SMILES string of the molecule is C/C(=N/O)c1cc2ccccc2s1. The summed E-state index contributed by atoms with van der Waals surface area (Å²) in [5.41, 5.74) is 0.668. The number of hydrogen-bond acceptors (Lipinski definition) is 3. The number of oxime groups is 1. The lowest BCUT2D eigenvalue weighted by Crippen LogP contribution is -1.87. The van der Waals surface area contributed by atoms with Crippen LogP contribution in [-0.2, 0) is 0 Å². The summed E-state index contributed by atoms with van der Waals surface area (Å²) >= 11 is 1.64. The molecule has 1 aromatic carbocycles. The van der Waals surface area contributed by atoms with Gasteiger partial charge in [0.1, 0.15) is 0 Å². The van der Waals surface area contributed by atoms with Gasteiger partial charge in [0.15, 0.2) is 0 Å². The third kappa shape index (κ3) is 1.42. The first-order valence-electron chi connectivity index (χ1n) is 3.99. The van der Waals surface area contributed by atoms with E-state index < -0.39 is 0 Å². The molecule has 1 aromatic heterocycles. The second kappa shape index (κ2) is 3.18. The molecule has 0 spiro atoms. The van der Waals surface area contributed by atoms with Crippen LogP contribution in [0.15, 0.2) is 35.5 Å². The highest BCUT2D eigenvalue weighted by Crippen LogP contribution is 2.25. The molecule has 2 rings (SSSR count). The third-order valence-electron chi connectivity index (χ3n) is 1.93. The minimum absolute atomic E-state index is 0.668. The molecule has 1 heterocycles. The maximum absolute atomic E-state index is 8.61. The Kier molecular flexibility index (Phi) is 2.02. The molecule has 66 valence electrons. The minimum Gasteiger partial charge on any atom is -0.411 e. The molecule has 0 unspecified atom stereocenters. The van der Waals surface area contributed by atoms with Gasteiger partial charge in [-0.3, -0.25) is 0 Å². The lowest BCUT2D eigenvalue weighted by molar-refractivity contribution is 0.319. The number of fused-ring (bicyclic) bond motifs is 1. The molecular weight excluding hydrogens is 182 g/mol. The van der Waals surface area contributed by atoms with Crippen LogP contribution in [0, 0.1) is 0 Å². The molecule has 0 radical (unpaired) electrons. The largest absolute Gasteiger partial charge is 0.411 e. The Balaban J connectivity index is 2.62. The number of hydrogen-bond donors (Lipinski definition) is 1. The minimum atomic E-state index is 0.668. The summed E-state index contributed by atoms with van der Waals surface area (Å²) in [4.78, 5) is 1.02. The van der Waals surface area contributed by atoms with E-state index in [9.17, 15) is 0 Å². The Morgan fingerprint density at radius 2 is 2.15 bits per heavy atom. The van der Waals surface area contributed by atoms with E-state index in [2.05, 4.69) is 17.3 Å². The molecule has 0 aliphatic carbocycles. The quantitative estimate of drug-likeness (QED) is 0.419. The van der Waals surface area contributed by atoms with E-state index in [0.29, 0.717) is 5.71 Å². The summed E-state index contributed by atoms with van der Waals surface area (Å²) in [7, 11) is 0. The Morgan fingerprint density at radius 1 is 1.38 bits per heavy atom. The summed E-state index contributed by atoms with van der Waals surface area (Å²) in [6, 6.07) is 10.2. The van der Waals surface area contributed by atoms with Gasteiger partial charge < -0.3 is 5.21 Å². The van der Waals surface area contributed by atoms with Crippen LogP contribution >= 0.6 is 11.3 Å². The van der Waals surface area contributed by atoms with Crippen molar-refractivity contribution in [2.75, 3.05) is 0 Å². The van der Waals surface area contributed by atoms with Crippen LogP contribution in [0.1, 0.15) is 11.8 Å². The number of nitrogens with zero attached hydrogens (tertiary/aromatic N) is 1. The van der Waals surface area contributed by atoms with E-state index in [1.807, 2.05) is 18.2 Å². The van der Waals surface area contributed by atoms with Crippen LogP contribution in [0.3, 0.4) is 0 Å². The maximum atomic E-state index is 8.61. The molecule has 13 heavy (non-hydrogen) atoms. The first-order valence-corrected chi connectivity index (χ1v) is 4.80. The van der Waals surface area contributed by atoms with Crippen LogP contribution in [0.4, 0.5) is 0 Å². The number of thiophene rings is 1. The fraction of sp³-hybridized carbons (Fsp3) is 0.100. The molecule has 3 heteroatoms. The van der Waals surface area contributed by atoms with Gasteiger partial charge >= 0.3 is 0 Å². The smallest absolute Gasteiger partial charge is 0.0936 e. The van der Waals surface area contributed by atoms with Gasteiger partial charge in [0.25, 0.3) is 0 Å². The first-order chi connectivity index (χ1) is 6.31. The predicted molar refractivity (Wildman–Crippen MR) is 55.8 cm³/mol. The Hall–Kier alpha value is -1.35. The van der Waals surface area contributed by atoms with Crippen molar-refractivity contribution in [2.24, 2.45) is 5.16 Å². The summed E-state index contributed by atoms with van der Waals surface area (Å²) in [6.45, 7) is 1.80. The summed E-state index contributed by atoms with van der Waals surface area (Å²) in [5, 5.41) is 13.0. The van der Waals surface area contributed by atoms with E-state index in [1.165, 1.54) is 10.1 Å². The molecule has 0 aliphatic rings. The highest BCUT2D eigenvalue weighted by molar-refractivity contribution is 7.20. The molecule has 2 nitrogen and oxygen atoms in total. The molecule has 0 aliphatic heterocycles. The standard InChI is InChI=1S/C10H9NOS/c1-7(11-12)10-6-8-4-2-3-5-9(8)13-10/h2-6,12H,1H3/b11-7-. The Morgan fingerprint density at radius 3 is 2.85 bits per heavy atom. The summed E-state index contributed by atoms with van der Waals surface area (Å²) in [6.07, 6.45) is 0. The zero-order valence-corrected chi connectivity index (χ0v) is 8.01. The van der Waals surface area contributed by atoms with Gasteiger partial charge in [-0.15, -0.1) is 11.3 Å². The molecular formula is C10H9NOS. The molecule has 0 bridgehead atoms. The van der Waals surface area contributed by atoms with Crippen LogP contribution < -0.4 is 0 Å². The second-order valence-electron chi connectivity index (χ2n) is 2.83. The predicted octanol–water partition coefficient (Wildman–Crippen LogP) is 3.10. The monoisotopic (exact) mass is 191 g/mol. The lowest BCUT2D eigenvalue weighted by atomic mass is 10.2. The molecule has 1 N–H and O–H groups in total. The van der Waals surface area contributed by atoms with Gasteiger partial charge in [0.2, 0.25) is 0 Å². The van der Waals surface area contributed by atoms with Gasteiger partial charge in [-0.25, -0.2) is 0 Å². The first kappa shape index (κ1) is 8.26. The highest BCUT2D eigenvalue weighted by Gasteiger charge is 2.03. The van der Waals surface area contributed by atoms with Crippen molar-refractivity contribution in [3.8, 4) is 0 Å². The normalized spacial score (nSPS) is 12.2. The lowest BCUT2D eigenvalue weighted by Gasteiger charge is -1.87. The van der Waals surface area contributed by atoms with Gasteiger partial charge in [-0.05, 0) is 24.4 Å². The van der Waals surface area contributed by atoms with Crippen molar-refractivity contribution in [1.82, 2.24) is 0 Å². The van der Waals surface area contributed by atoms with Crippen LogP contribution in [0.2, 0.25) is 0 Å². The summed E-state index contributed by atoms with van der Waals surface area (Å²) in [5.74, 6) is 0. The average Bonchev–Trinajstić information content (AvgIpc) is 2.59. The van der Waals surface area contributed by atoms with Crippen LogP contribution in [-0.4, -0.2) is 10.9 Å². The molecule has 2 aromatic rings. The van der Waals surface area contributed by atoms with Crippen molar-refractivity contribution in [3.63, 3.8) is 0 Å². The zero-order valence-electron chi connectivity index (χ0n) is 7.19. The number of rotatable bonds is 1. The highest BCUT2D eigenvalue weighted by atomic mass is 32.1. The maximum Gasteiger partial charge on any atom is 0.0936 e. The topological polar surface area (TPSA) is 32.6 Å². The van der Waals surface area contributed by atoms with Gasteiger partial charge in [-0.2, -0.15) is 0 Å². The van der Waals surface area contributed by atoms with Crippen LogP contribution in [0.5, 0.6) is 0 Å². The molecule has 0 fully saturated rings. The van der Waals surface area contributed by atoms with Gasteiger partial charge in [0, 0.05) is 4.70 Å². The third-order valence-corrected chi connectivity index (χ3v) is 3.16. The number of benzene rings is 1. The molecule has 0 atom stereocenters. The van der Waals surface area contributed by atoms with Gasteiger partial charge in [-0.1, -0.05) is 23.4 Å². The van der Waals surface area contributed by atoms with E-state index in [4.69, 9.17) is 5.21 Å². The van der Waals surface area contributed by atoms with Crippen molar-refractivity contribution >= 4 is 27.1 Å². The van der Waals surface area contributed by atoms with Crippen molar-refractivity contribution < 1.29 is 5.21 Å². The second-order valence-corrected chi connectivity index (χ2v) is 3.92. The van der Waals surface area contributed by atoms with E-state index in [-0.39, 0.29) is 0 Å². The fourth-order valence-electron chi connectivity index (χ4n) is 1.21. The average molecular weight is 191 g/mol. The van der Waals surface area contributed by atoms with E-state index >= 15 is 0 Å². The van der Waals surface area contributed by atoms with Crippen molar-refractivity contribution in [1.29, 1.82) is 0 Å². The molecule has 0 amide bonds. The summed E-state index contributed by atoms with van der Waals surface area (Å²) < 4.78 is 1.22.